The second kappa shape index (κ2) is 6.61. The summed E-state index contributed by atoms with van der Waals surface area (Å²) in [6, 6.07) is 9.68. The molecule has 3 N–H and O–H groups in total. The molecular weight excluding hydrogens is 352 g/mol. The second-order valence-electron chi connectivity index (χ2n) is 7.25. The van der Waals surface area contributed by atoms with Crippen molar-refractivity contribution < 1.29 is 9.90 Å². The molecule has 3 rings (SSSR count). The Morgan fingerprint density at radius 3 is 2.54 bits per heavy atom. The van der Waals surface area contributed by atoms with E-state index in [1.807, 2.05) is 51.1 Å². The number of carboxylic acid groups (broad SMARTS) is 1. The molecule has 2 aromatic heterocycles. The smallest absolute Gasteiger partial charge is 0.337 e. The summed E-state index contributed by atoms with van der Waals surface area (Å²) in [5, 5.41) is 14.2. The Labute approximate surface area is 156 Å². The summed E-state index contributed by atoms with van der Waals surface area (Å²) in [5.74, 6) is -0.770. The fourth-order valence-corrected chi connectivity index (χ4v) is 3.43. The Kier molecular flexibility index (Phi) is 4.63. The van der Waals surface area contributed by atoms with Crippen molar-refractivity contribution in [1.29, 1.82) is 0 Å². The minimum Gasteiger partial charge on any atom is -0.478 e. The van der Waals surface area contributed by atoms with Gasteiger partial charge in [0, 0.05) is 6.20 Å². The van der Waals surface area contributed by atoms with Gasteiger partial charge in [0.15, 0.2) is 11.5 Å². The third-order valence-corrected chi connectivity index (χ3v) is 4.65. The third-order valence-electron chi connectivity index (χ3n) is 4.26. The predicted octanol–water partition coefficient (Wildman–Crippen LogP) is 3.99. The minimum atomic E-state index is -1.03. The van der Waals surface area contributed by atoms with Gasteiger partial charge in [-0.05, 0) is 16.5 Å². The quantitative estimate of drug-likeness (QED) is 0.675. The monoisotopic (exact) mass is 372 g/mol. The summed E-state index contributed by atoms with van der Waals surface area (Å²) < 4.78 is 1.65. The predicted molar refractivity (Wildman–Crippen MR) is 103 cm³/mol. The fourth-order valence-electron chi connectivity index (χ4n) is 3.15. The molecule has 1 unspecified atom stereocenters. The van der Waals surface area contributed by atoms with Gasteiger partial charge in [0.05, 0.1) is 22.9 Å². The number of pyridine rings is 1. The molecule has 6 nitrogen and oxygen atoms in total. The molecular formula is C19H21ClN4O2. The van der Waals surface area contributed by atoms with E-state index in [2.05, 4.69) is 10.1 Å². The van der Waals surface area contributed by atoms with Crippen LogP contribution in [0.3, 0.4) is 0 Å². The molecule has 0 aliphatic heterocycles. The molecule has 0 aliphatic carbocycles. The van der Waals surface area contributed by atoms with E-state index < -0.39 is 11.4 Å². The van der Waals surface area contributed by atoms with Gasteiger partial charge in [-0.1, -0.05) is 51.1 Å². The highest BCUT2D eigenvalue weighted by Crippen LogP contribution is 2.36. The van der Waals surface area contributed by atoms with E-state index in [9.17, 15) is 9.90 Å². The number of nitrogens with two attached hydrogens (primary N) is 1. The summed E-state index contributed by atoms with van der Waals surface area (Å²) in [6.07, 6.45) is 1.37. The van der Waals surface area contributed by atoms with Crippen molar-refractivity contribution in [3.05, 3.63) is 53.2 Å². The average Bonchev–Trinajstić information content (AvgIpc) is 2.89. The van der Waals surface area contributed by atoms with Crippen LogP contribution in [0.1, 0.15) is 47.6 Å². The standard InChI is InChI=1S/C19H21ClN4O2/c1-19(2,3)15-12(18(25)26)9-22-17-14(15)16(21)23-24(17)10-13(20)11-7-5-4-6-8-11/h4-9,13H,10H2,1-3H3,(H2,21,23)(H,25,26). The lowest BCUT2D eigenvalue weighted by molar-refractivity contribution is 0.0694. The molecule has 7 heteroatoms. The van der Waals surface area contributed by atoms with E-state index in [0.29, 0.717) is 23.1 Å². The van der Waals surface area contributed by atoms with Gasteiger partial charge in [0.25, 0.3) is 0 Å². The molecule has 26 heavy (non-hydrogen) atoms. The van der Waals surface area contributed by atoms with Crippen LogP contribution in [-0.2, 0) is 12.0 Å². The SMILES string of the molecule is CC(C)(C)c1c(C(=O)O)cnc2c1c(N)nn2CC(Cl)c1ccccc1. The van der Waals surface area contributed by atoms with Crippen LogP contribution in [0.15, 0.2) is 36.5 Å². The summed E-state index contributed by atoms with van der Waals surface area (Å²) in [7, 11) is 0. The molecule has 0 radical (unpaired) electrons. The summed E-state index contributed by atoms with van der Waals surface area (Å²) in [4.78, 5) is 16.0. The summed E-state index contributed by atoms with van der Waals surface area (Å²) >= 11 is 6.54. The average molecular weight is 373 g/mol. The number of nitrogens with zero attached hydrogens (tertiary/aromatic N) is 3. The maximum absolute atomic E-state index is 11.7. The molecule has 3 aromatic rings. The maximum atomic E-state index is 11.7. The van der Waals surface area contributed by atoms with Crippen molar-refractivity contribution in [2.24, 2.45) is 0 Å². The molecule has 0 bridgehead atoms. The first-order valence-corrected chi connectivity index (χ1v) is 8.71. The number of aromatic carboxylic acids is 1. The highest BCUT2D eigenvalue weighted by atomic mass is 35.5. The van der Waals surface area contributed by atoms with Gasteiger partial charge in [-0.15, -0.1) is 11.6 Å². The number of benzene rings is 1. The molecule has 2 heterocycles. The topological polar surface area (TPSA) is 94.0 Å². The van der Waals surface area contributed by atoms with Gasteiger partial charge in [-0.25, -0.2) is 14.5 Å². The molecule has 0 amide bonds. The molecule has 0 saturated heterocycles. The number of alkyl halides is 1. The molecule has 136 valence electrons. The zero-order valence-electron chi connectivity index (χ0n) is 14.9. The van der Waals surface area contributed by atoms with Crippen molar-refractivity contribution in [2.75, 3.05) is 5.73 Å². The van der Waals surface area contributed by atoms with Crippen molar-refractivity contribution in [2.45, 2.75) is 38.1 Å². The van der Waals surface area contributed by atoms with Crippen LogP contribution in [0.5, 0.6) is 0 Å². The van der Waals surface area contributed by atoms with E-state index in [1.165, 1.54) is 6.20 Å². The minimum absolute atomic E-state index is 0.140. The molecule has 0 spiro atoms. The lowest BCUT2D eigenvalue weighted by Crippen LogP contribution is -2.18. The highest BCUT2D eigenvalue weighted by molar-refractivity contribution is 6.20. The summed E-state index contributed by atoms with van der Waals surface area (Å²) in [5.41, 5.74) is 7.99. The molecule has 0 saturated carbocycles. The van der Waals surface area contributed by atoms with E-state index in [1.54, 1.807) is 4.68 Å². The first-order chi connectivity index (χ1) is 12.2. The lowest BCUT2D eigenvalue weighted by atomic mass is 9.82. The van der Waals surface area contributed by atoms with Crippen LogP contribution < -0.4 is 5.73 Å². The number of fused-ring (bicyclic) bond motifs is 1. The number of rotatable bonds is 4. The van der Waals surface area contributed by atoms with E-state index in [4.69, 9.17) is 17.3 Å². The van der Waals surface area contributed by atoms with E-state index >= 15 is 0 Å². The Morgan fingerprint density at radius 1 is 1.31 bits per heavy atom. The Hall–Kier alpha value is -2.60. The number of carbonyl (C=O) groups is 1. The molecule has 0 aliphatic rings. The van der Waals surface area contributed by atoms with Crippen molar-refractivity contribution in [3.8, 4) is 0 Å². The zero-order valence-corrected chi connectivity index (χ0v) is 15.7. The number of aromatic nitrogens is 3. The van der Waals surface area contributed by atoms with Crippen LogP contribution in [0.4, 0.5) is 5.82 Å². The van der Waals surface area contributed by atoms with Crippen LogP contribution in [-0.4, -0.2) is 25.8 Å². The van der Waals surface area contributed by atoms with Crippen molar-refractivity contribution in [3.63, 3.8) is 0 Å². The van der Waals surface area contributed by atoms with Gasteiger partial charge in [-0.2, -0.15) is 5.10 Å². The number of halogens is 1. The van der Waals surface area contributed by atoms with Gasteiger partial charge in [-0.3, -0.25) is 0 Å². The zero-order chi connectivity index (χ0) is 19.1. The maximum Gasteiger partial charge on any atom is 0.337 e. The highest BCUT2D eigenvalue weighted by Gasteiger charge is 2.28. The first kappa shape index (κ1) is 18.2. The number of hydrogen-bond acceptors (Lipinski definition) is 4. The summed E-state index contributed by atoms with van der Waals surface area (Å²) in [6.45, 7) is 6.21. The van der Waals surface area contributed by atoms with Crippen molar-refractivity contribution in [1.82, 2.24) is 14.8 Å². The van der Waals surface area contributed by atoms with Crippen LogP contribution in [0.2, 0.25) is 0 Å². The number of nitrogen functional groups attached to an aromatic ring is 1. The normalized spacial score (nSPS) is 13.1. The largest absolute Gasteiger partial charge is 0.478 e. The first-order valence-electron chi connectivity index (χ1n) is 8.28. The van der Waals surface area contributed by atoms with Gasteiger partial charge < -0.3 is 10.8 Å². The third kappa shape index (κ3) is 3.24. The van der Waals surface area contributed by atoms with Crippen molar-refractivity contribution >= 4 is 34.4 Å². The Balaban J connectivity index is 2.14. The molecule has 1 aromatic carbocycles. The van der Waals surface area contributed by atoms with Crippen LogP contribution in [0.25, 0.3) is 11.0 Å². The fraction of sp³-hybridized carbons (Fsp3) is 0.316. The molecule has 1 atom stereocenters. The number of carboxylic acids is 1. The lowest BCUT2D eigenvalue weighted by Gasteiger charge is -2.22. The second-order valence-corrected chi connectivity index (χ2v) is 7.77. The van der Waals surface area contributed by atoms with Crippen LogP contribution in [0, 0.1) is 0 Å². The Bertz CT molecular complexity index is 961. The van der Waals surface area contributed by atoms with E-state index in [0.717, 1.165) is 5.56 Å². The number of hydrogen-bond donors (Lipinski definition) is 2. The number of anilines is 1. The van der Waals surface area contributed by atoms with Gasteiger partial charge in [0.1, 0.15) is 0 Å². The van der Waals surface area contributed by atoms with Gasteiger partial charge in [0.2, 0.25) is 0 Å². The van der Waals surface area contributed by atoms with Crippen LogP contribution >= 0.6 is 11.6 Å². The molecule has 0 fully saturated rings. The Morgan fingerprint density at radius 2 is 1.96 bits per heavy atom. The van der Waals surface area contributed by atoms with Gasteiger partial charge >= 0.3 is 5.97 Å². The van der Waals surface area contributed by atoms with E-state index in [-0.39, 0.29) is 16.8 Å².